The predicted molar refractivity (Wildman–Crippen MR) is 77.2 cm³/mol. The predicted octanol–water partition coefficient (Wildman–Crippen LogP) is 2.03. The monoisotopic (exact) mass is 296 g/mol. The van der Waals surface area contributed by atoms with Gasteiger partial charge in [-0.2, -0.15) is 0 Å². The first kappa shape index (κ1) is 17.1. The number of hydrogen-bond acceptors (Lipinski definition) is 5. The first-order valence-electron chi connectivity index (χ1n) is 6.75. The molecule has 0 aliphatic rings. The third kappa shape index (κ3) is 5.49. The van der Waals surface area contributed by atoms with Gasteiger partial charge in [0.05, 0.1) is 11.5 Å². The highest BCUT2D eigenvalue weighted by molar-refractivity contribution is 5.95. The number of amides is 1. The Hall–Kier alpha value is -1.99. The quantitative estimate of drug-likeness (QED) is 0.450. The minimum Gasteiger partial charge on any atom is -0.351 e. The average Bonchev–Trinajstić information content (AvgIpc) is 2.44. The molecule has 0 heterocycles. The molecule has 0 aliphatic carbocycles. The largest absolute Gasteiger partial charge is 0.351 e. The summed E-state index contributed by atoms with van der Waals surface area (Å²) in [6.45, 7) is 6.48. The van der Waals surface area contributed by atoms with Crippen molar-refractivity contribution in [2.45, 2.75) is 27.1 Å². The highest BCUT2D eigenvalue weighted by Crippen LogP contribution is 2.16. The number of aryl methyl sites for hydroxylation is 1. The van der Waals surface area contributed by atoms with Crippen LogP contribution in [0.4, 0.5) is 5.69 Å². The van der Waals surface area contributed by atoms with Crippen LogP contribution in [0.2, 0.25) is 0 Å². The third-order valence-corrected chi connectivity index (χ3v) is 2.67. The first-order valence-corrected chi connectivity index (χ1v) is 6.75. The van der Waals surface area contributed by atoms with E-state index in [9.17, 15) is 14.9 Å². The second kappa shape index (κ2) is 8.33. The van der Waals surface area contributed by atoms with E-state index in [0.717, 1.165) is 0 Å². The summed E-state index contributed by atoms with van der Waals surface area (Å²) in [5, 5.41) is 13.4. The van der Waals surface area contributed by atoms with Gasteiger partial charge in [0.25, 0.3) is 11.6 Å². The Labute approximate surface area is 123 Å². The summed E-state index contributed by atoms with van der Waals surface area (Å²) < 4.78 is 10.6. The Balaban J connectivity index is 2.72. The fourth-order valence-corrected chi connectivity index (χ4v) is 1.82. The second-order valence-corrected chi connectivity index (χ2v) is 4.36. The van der Waals surface area contributed by atoms with E-state index in [-0.39, 0.29) is 17.8 Å². The van der Waals surface area contributed by atoms with Crippen LogP contribution in [0.1, 0.15) is 29.8 Å². The smallest absolute Gasteiger partial charge is 0.270 e. The van der Waals surface area contributed by atoms with E-state index in [1.165, 1.54) is 12.1 Å². The number of nitrogens with one attached hydrogen (secondary N) is 1. The summed E-state index contributed by atoms with van der Waals surface area (Å²) >= 11 is 0. The van der Waals surface area contributed by atoms with Crippen LogP contribution < -0.4 is 5.32 Å². The Kier molecular flexibility index (Phi) is 6.77. The summed E-state index contributed by atoms with van der Waals surface area (Å²) in [4.78, 5) is 22.3. The van der Waals surface area contributed by atoms with E-state index in [1.807, 2.05) is 13.8 Å². The molecule has 21 heavy (non-hydrogen) atoms. The van der Waals surface area contributed by atoms with Gasteiger partial charge in [0, 0.05) is 30.9 Å². The van der Waals surface area contributed by atoms with Crippen LogP contribution >= 0.6 is 0 Å². The number of rotatable bonds is 8. The standard InChI is InChI=1S/C14H20N2O5/c1-4-20-13(21-5-2)9-15-14(17)11-6-10(3)7-12(8-11)16(18)19/h6-8,13H,4-5,9H2,1-3H3,(H,15,17). The van der Waals surface area contributed by atoms with Crippen LogP contribution in [0.25, 0.3) is 0 Å². The number of benzene rings is 1. The third-order valence-electron chi connectivity index (χ3n) is 2.67. The van der Waals surface area contributed by atoms with Gasteiger partial charge in [-0.05, 0) is 32.4 Å². The molecule has 7 heteroatoms. The van der Waals surface area contributed by atoms with E-state index < -0.39 is 17.1 Å². The van der Waals surface area contributed by atoms with Crippen LogP contribution in [-0.4, -0.2) is 36.9 Å². The van der Waals surface area contributed by atoms with E-state index in [1.54, 1.807) is 13.0 Å². The Morgan fingerprint density at radius 2 is 1.90 bits per heavy atom. The maximum Gasteiger partial charge on any atom is 0.270 e. The maximum absolute atomic E-state index is 12.0. The molecule has 0 saturated heterocycles. The van der Waals surface area contributed by atoms with Gasteiger partial charge in [0.1, 0.15) is 0 Å². The number of nitrogens with zero attached hydrogens (tertiary/aromatic N) is 1. The molecule has 0 unspecified atom stereocenters. The van der Waals surface area contributed by atoms with Crippen LogP contribution in [0, 0.1) is 17.0 Å². The van der Waals surface area contributed by atoms with E-state index in [2.05, 4.69) is 5.32 Å². The molecule has 1 rings (SSSR count). The number of nitro groups is 1. The van der Waals surface area contributed by atoms with E-state index in [4.69, 9.17) is 9.47 Å². The SMILES string of the molecule is CCOC(CNC(=O)c1cc(C)cc([N+](=O)[O-])c1)OCC. The van der Waals surface area contributed by atoms with Crippen LogP contribution in [-0.2, 0) is 9.47 Å². The van der Waals surface area contributed by atoms with Gasteiger partial charge in [0.2, 0.25) is 0 Å². The number of nitro benzene ring substituents is 1. The minimum atomic E-state index is -0.524. The normalized spacial score (nSPS) is 10.7. The molecule has 0 fully saturated rings. The Morgan fingerprint density at radius 3 is 2.43 bits per heavy atom. The summed E-state index contributed by atoms with van der Waals surface area (Å²) in [6, 6.07) is 4.26. The van der Waals surface area contributed by atoms with Crippen molar-refractivity contribution in [1.29, 1.82) is 0 Å². The zero-order valence-corrected chi connectivity index (χ0v) is 12.4. The van der Waals surface area contributed by atoms with Crippen LogP contribution in [0.15, 0.2) is 18.2 Å². The molecule has 1 amide bonds. The van der Waals surface area contributed by atoms with Crippen LogP contribution in [0.3, 0.4) is 0 Å². The number of ether oxygens (including phenoxy) is 2. The van der Waals surface area contributed by atoms with Gasteiger partial charge in [-0.3, -0.25) is 14.9 Å². The summed E-state index contributed by atoms with van der Waals surface area (Å²) in [5.41, 5.74) is 0.792. The summed E-state index contributed by atoms with van der Waals surface area (Å²) in [7, 11) is 0. The lowest BCUT2D eigenvalue weighted by Crippen LogP contribution is -2.35. The number of carbonyl (C=O) groups is 1. The molecule has 1 N–H and O–H groups in total. The maximum atomic E-state index is 12.0. The van der Waals surface area contributed by atoms with Gasteiger partial charge in [-0.15, -0.1) is 0 Å². The van der Waals surface area contributed by atoms with Crippen molar-refractivity contribution in [1.82, 2.24) is 5.32 Å². The zero-order valence-electron chi connectivity index (χ0n) is 12.4. The van der Waals surface area contributed by atoms with Gasteiger partial charge in [-0.1, -0.05) is 0 Å². The van der Waals surface area contributed by atoms with Crippen LogP contribution in [0.5, 0.6) is 0 Å². The summed E-state index contributed by atoms with van der Waals surface area (Å²) in [5.74, 6) is -0.397. The molecule has 1 aromatic carbocycles. The topological polar surface area (TPSA) is 90.7 Å². The van der Waals surface area contributed by atoms with Crippen molar-refractivity contribution in [2.24, 2.45) is 0 Å². The lowest BCUT2D eigenvalue weighted by molar-refractivity contribution is -0.384. The van der Waals surface area contributed by atoms with Crippen molar-refractivity contribution in [2.75, 3.05) is 19.8 Å². The molecule has 7 nitrogen and oxygen atoms in total. The molecular weight excluding hydrogens is 276 g/mol. The Morgan fingerprint density at radius 1 is 1.29 bits per heavy atom. The Bertz CT molecular complexity index is 498. The summed E-state index contributed by atoms with van der Waals surface area (Å²) in [6.07, 6.45) is -0.524. The highest BCUT2D eigenvalue weighted by atomic mass is 16.7. The molecule has 0 atom stereocenters. The lowest BCUT2D eigenvalue weighted by atomic mass is 10.1. The van der Waals surface area contributed by atoms with Crippen molar-refractivity contribution in [3.8, 4) is 0 Å². The molecule has 116 valence electrons. The van der Waals surface area contributed by atoms with Gasteiger partial charge in [0.15, 0.2) is 6.29 Å². The lowest BCUT2D eigenvalue weighted by Gasteiger charge is -2.17. The van der Waals surface area contributed by atoms with E-state index >= 15 is 0 Å². The molecule has 0 spiro atoms. The fourth-order valence-electron chi connectivity index (χ4n) is 1.82. The van der Waals surface area contributed by atoms with Crippen molar-refractivity contribution in [3.63, 3.8) is 0 Å². The van der Waals surface area contributed by atoms with Crippen molar-refractivity contribution >= 4 is 11.6 Å². The second-order valence-electron chi connectivity index (χ2n) is 4.36. The molecule has 0 bridgehead atoms. The molecule has 0 radical (unpaired) electrons. The zero-order chi connectivity index (χ0) is 15.8. The van der Waals surface area contributed by atoms with Crippen molar-refractivity contribution in [3.05, 3.63) is 39.4 Å². The van der Waals surface area contributed by atoms with Gasteiger partial charge < -0.3 is 14.8 Å². The molecule has 0 saturated carbocycles. The number of hydrogen-bond donors (Lipinski definition) is 1. The molecular formula is C14H20N2O5. The minimum absolute atomic E-state index is 0.105. The van der Waals surface area contributed by atoms with Gasteiger partial charge >= 0.3 is 0 Å². The first-order chi connectivity index (χ1) is 9.97. The van der Waals surface area contributed by atoms with Crippen molar-refractivity contribution < 1.29 is 19.2 Å². The van der Waals surface area contributed by atoms with E-state index in [0.29, 0.717) is 18.8 Å². The molecule has 0 aliphatic heterocycles. The highest BCUT2D eigenvalue weighted by Gasteiger charge is 2.15. The number of carbonyl (C=O) groups excluding carboxylic acids is 1. The fraction of sp³-hybridized carbons (Fsp3) is 0.500. The molecule has 1 aromatic rings. The number of non-ortho nitro benzene ring substituents is 1. The average molecular weight is 296 g/mol. The van der Waals surface area contributed by atoms with Gasteiger partial charge in [-0.25, -0.2) is 0 Å². The molecule has 0 aromatic heterocycles.